The highest BCUT2D eigenvalue weighted by molar-refractivity contribution is 8.14. The van der Waals surface area contributed by atoms with Crippen LogP contribution in [0.2, 0.25) is 0 Å². The number of carbonyl (C=O) groups excluding carboxylic acids is 2. The lowest BCUT2D eigenvalue weighted by molar-refractivity contribution is -0.137. The van der Waals surface area contributed by atoms with Crippen LogP contribution in [0.4, 0.5) is 0 Å². The molecule has 6 rings (SSSR count). The average molecular weight is 821 g/mol. The van der Waals surface area contributed by atoms with Crippen molar-refractivity contribution in [2.45, 2.75) is 29.6 Å². The zero-order valence-electron chi connectivity index (χ0n) is 32.7. The van der Waals surface area contributed by atoms with Crippen LogP contribution in [0, 0.1) is 17.7 Å². The molecule has 298 valence electrons. The summed E-state index contributed by atoms with van der Waals surface area (Å²) in [7, 11) is 0. The number of rotatable bonds is 18. The van der Waals surface area contributed by atoms with Gasteiger partial charge in [0.25, 0.3) is 0 Å². The molecular formula is C49H44N2O6S2. The van der Waals surface area contributed by atoms with E-state index in [-0.39, 0.29) is 17.6 Å². The van der Waals surface area contributed by atoms with Crippen LogP contribution in [0.3, 0.4) is 0 Å². The predicted octanol–water partition coefficient (Wildman–Crippen LogP) is 12.0. The number of carbonyl (C=O) groups is 2. The zero-order chi connectivity index (χ0) is 41.6. The normalized spacial score (nSPS) is 11.0. The van der Waals surface area contributed by atoms with Crippen LogP contribution in [-0.4, -0.2) is 48.5 Å². The molecule has 0 aliphatic carbocycles. The molecule has 0 fully saturated rings. The number of nitrogens with one attached hydrogen (secondary N) is 2. The fraction of sp³-hybridized carbons (Fsp3) is 0.143. The highest BCUT2D eigenvalue weighted by Gasteiger charge is 2.12. The SMILES string of the molecule is C=CC(=N)OCCCOc1ccc2cc(C(=N)Sc3ccc(/C=C/c4ccc(SC(=O)c5ccc6cc(OCCCOC(=O)C=C)ccc6c5)c(C)c4)cc3)ccc2c1. The number of hydrogen-bond acceptors (Lipinski definition) is 10. The van der Waals surface area contributed by atoms with Crippen LogP contribution in [0.15, 0.2) is 150 Å². The van der Waals surface area contributed by atoms with Crippen molar-refractivity contribution in [2.75, 3.05) is 26.4 Å². The van der Waals surface area contributed by atoms with Crippen molar-refractivity contribution in [1.82, 2.24) is 0 Å². The van der Waals surface area contributed by atoms with Crippen molar-refractivity contribution >= 4 is 79.2 Å². The highest BCUT2D eigenvalue weighted by atomic mass is 32.2. The summed E-state index contributed by atoms with van der Waals surface area (Å²) in [6, 6.07) is 37.6. The molecule has 10 heteroatoms. The van der Waals surface area contributed by atoms with Crippen LogP contribution >= 0.6 is 23.5 Å². The molecule has 0 atom stereocenters. The number of ether oxygens (including phenoxy) is 4. The maximum Gasteiger partial charge on any atom is 0.330 e. The van der Waals surface area contributed by atoms with Crippen molar-refractivity contribution in [2.24, 2.45) is 0 Å². The minimum absolute atomic E-state index is 0.0265. The van der Waals surface area contributed by atoms with Gasteiger partial charge in [-0.25, -0.2) is 4.79 Å². The van der Waals surface area contributed by atoms with Crippen molar-refractivity contribution in [3.05, 3.63) is 168 Å². The second-order valence-electron chi connectivity index (χ2n) is 13.4. The van der Waals surface area contributed by atoms with Gasteiger partial charge in [0, 0.05) is 39.8 Å². The van der Waals surface area contributed by atoms with Crippen LogP contribution in [0.25, 0.3) is 33.7 Å². The molecule has 0 aliphatic heterocycles. The Balaban J connectivity index is 0.976. The van der Waals surface area contributed by atoms with E-state index in [0.717, 1.165) is 65.4 Å². The highest BCUT2D eigenvalue weighted by Crippen LogP contribution is 2.31. The van der Waals surface area contributed by atoms with Crippen molar-refractivity contribution < 1.29 is 28.5 Å². The van der Waals surface area contributed by atoms with Gasteiger partial charge in [0.15, 0.2) is 0 Å². The van der Waals surface area contributed by atoms with Gasteiger partial charge in [-0.3, -0.25) is 15.6 Å². The van der Waals surface area contributed by atoms with Crippen molar-refractivity contribution in [3.8, 4) is 11.5 Å². The predicted molar refractivity (Wildman–Crippen MR) is 243 cm³/mol. The van der Waals surface area contributed by atoms with Gasteiger partial charge in [-0.1, -0.05) is 91.7 Å². The van der Waals surface area contributed by atoms with E-state index in [0.29, 0.717) is 49.0 Å². The summed E-state index contributed by atoms with van der Waals surface area (Å²) in [5.41, 5.74) is 4.57. The summed E-state index contributed by atoms with van der Waals surface area (Å²) >= 11 is 2.64. The topological polar surface area (TPSA) is 119 Å². The lowest BCUT2D eigenvalue weighted by Crippen LogP contribution is -2.06. The number of aryl methyl sites for hydroxylation is 1. The Labute approximate surface area is 352 Å². The van der Waals surface area contributed by atoms with Crippen LogP contribution in [0.1, 0.15) is 45.5 Å². The lowest BCUT2D eigenvalue weighted by Gasteiger charge is -2.10. The molecule has 6 aromatic rings. The van der Waals surface area contributed by atoms with E-state index in [1.807, 2.05) is 116 Å². The lowest BCUT2D eigenvalue weighted by atomic mass is 10.1. The number of hydrogen-bond donors (Lipinski definition) is 2. The fourth-order valence-corrected chi connectivity index (χ4v) is 7.49. The van der Waals surface area contributed by atoms with E-state index in [1.165, 1.54) is 29.6 Å². The molecule has 0 unspecified atom stereocenters. The van der Waals surface area contributed by atoms with Gasteiger partial charge >= 0.3 is 5.97 Å². The molecule has 0 amide bonds. The van der Waals surface area contributed by atoms with Crippen LogP contribution in [-0.2, 0) is 14.3 Å². The van der Waals surface area contributed by atoms with Crippen molar-refractivity contribution in [3.63, 3.8) is 0 Å². The summed E-state index contributed by atoms with van der Waals surface area (Å²) in [5.74, 6) is 1.09. The maximum atomic E-state index is 13.3. The Bertz CT molecular complexity index is 2550. The summed E-state index contributed by atoms with van der Waals surface area (Å²) in [5, 5.41) is 20.6. The maximum absolute atomic E-state index is 13.3. The first-order valence-electron chi connectivity index (χ1n) is 19.0. The molecule has 0 bridgehead atoms. The monoisotopic (exact) mass is 820 g/mol. The molecule has 0 aliphatic rings. The Morgan fingerprint density at radius 3 is 1.78 bits per heavy atom. The van der Waals surface area contributed by atoms with Gasteiger partial charge in [-0.2, -0.15) is 0 Å². The second kappa shape index (κ2) is 20.9. The Kier molecular flexibility index (Phi) is 15.0. The van der Waals surface area contributed by atoms with Gasteiger partial charge < -0.3 is 18.9 Å². The van der Waals surface area contributed by atoms with E-state index >= 15 is 0 Å². The molecule has 2 N–H and O–H groups in total. The van der Waals surface area contributed by atoms with E-state index in [1.54, 1.807) is 0 Å². The second-order valence-corrected chi connectivity index (χ2v) is 15.5. The molecule has 6 aromatic carbocycles. The van der Waals surface area contributed by atoms with Gasteiger partial charge in [0.2, 0.25) is 11.0 Å². The quantitative estimate of drug-likeness (QED) is 0.0167. The number of benzene rings is 6. The van der Waals surface area contributed by atoms with E-state index in [2.05, 4.69) is 31.4 Å². The number of thioether (sulfide) groups is 2. The molecule has 0 spiro atoms. The van der Waals surface area contributed by atoms with Crippen LogP contribution in [0.5, 0.6) is 11.5 Å². The third-order valence-electron chi connectivity index (χ3n) is 9.06. The first-order valence-corrected chi connectivity index (χ1v) is 20.6. The van der Waals surface area contributed by atoms with Gasteiger partial charge in [0.1, 0.15) is 11.5 Å². The fourth-order valence-electron chi connectivity index (χ4n) is 5.93. The molecule has 0 saturated heterocycles. The molecule has 0 radical (unpaired) electrons. The smallest absolute Gasteiger partial charge is 0.330 e. The number of fused-ring (bicyclic) bond motifs is 2. The largest absolute Gasteiger partial charge is 0.493 e. The third kappa shape index (κ3) is 12.3. The number of esters is 1. The molecular weight excluding hydrogens is 777 g/mol. The first kappa shape index (κ1) is 42.3. The Hall–Kier alpha value is -6.36. The molecule has 0 saturated carbocycles. The zero-order valence-corrected chi connectivity index (χ0v) is 34.3. The Morgan fingerprint density at radius 2 is 1.15 bits per heavy atom. The summed E-state index contributed by atoms with van der Waals surface area (Å²) in [6.45, 7) is 10.5. The standard InChI is InChI=1S/C49H44N2O6S2/c1-4-46(50)56-26-6-24-54-42-19-17-36-29-40(15-13-38(36)31-42)48(51)58-44-21-10-34(11-22-44)8-9-35-12-23-45(33(3)28-35)59-49(53)41-16-14-39-32-43(20-18-37(39)30-41)55-25-7-27-57-47(52)5-2/h4-5,8-23,28-32,50-51H,1-2,6-7,24-27H2,3H3/b9-8+,50-46?,51-48?. The average Bonchev–Trinajstić information content (AvgIpc) is 3.26. The van der Waals surface area contributed by atoms with E-state index in [9.17, 15) is 9.59 Å². The van der Waals surface area contributed by atoms with Crippen molar-refractivity contribution in [1.29, 1.82) is 10.8 Å². The van der Waals surface area contributed by atoms with E-state index < -0.39 is 5.97 Å². The van der Waals surface area contributed by atoms with Gasteiger partial charge in [0.05, 0.1) is 31.5 Å². The molecule has 59 heavy (non-hydrogen) atoms. The minimum Gasteiger partial charge on any atom is -0.493 e. The Morgan fingerprint density at radius 1 is 0.593 bits per heavy atom. The van der Waals surface area contributed by atoms with E-state index in [4.69, 9.17) is 29.8 Å². The van der Waals surface area contributed by atoms with Gasteiger partial charge in [-0.05, 0) is 124 Å². The minimum atomic E-state index is -0.445. The molecule has 8 nitrogen and oxygen atoms in total. The molecule has 0 aromatic heterocycles. The van der Waals surface area contributed by atoms with Crippen LogP contribution < -0.4 is 9.47 Å². The summed E-state index contributed by atoms with van der Waals surface area (Å²) < 4.78 is 21.8. The molecule has 0 heterocycles. The summed E-state index contributed by atoms with van der Waals surface area (Å²) in [6.07, 6.45) is 7.85. The summed E-state index contributed by atoms with van der Waals surface area (Å²) in [4.78, 5) is 26.4. The van der Waals surface area contributed by atoms with Gasteiger partial charge in [-0.15, -0.1) is 0 Å². The first-order chi connectivity index (χ1) is 28.7. The third-order valence-corrected chi connectivity index (χ3v) is 11.1.